The second-order valence-corrected chi connectivity index (χ2v) is 6.87. The van der Waals surface area contributed by atoms with E-state index in [-0.39, 0.29) is 11.2 Å². The largest absolute Gasteiger partial charge is 0.507 e. The predicted molar refractivity (Wildman–Crippen MR) is 106 cm³/mol. The fourth-order valence-corrected chi connectivity index (χ4v) is 3.54. The van der Waals surface area contributed by atoms with Crippen LogP contribution < -0.4 is 16.5 Å². The van der Waals surface area contributed by atoms with Gasteiger partial charge >= 0.3 is 0 Å². The number of hydrogen-bond donors (Lipinski definition) is 3. The van der Waals surface area contributed by atoms with Gasteiger partial charge in [0.1, 0.15) is 5.75 Å². The molecule has 0 fully saturated rings. The maximum absolute atomic E-state index is 12.5. The zero-order chi connectivity index (χ0) is 19.1. The summed E-state index contributed by atoms with van der Waals surface area (Å²) in [6, 6.07) is 3.85. The highest BCUT2D eigenvalue weighted by Gasteiger charge is 2.20. The molecular weight excluding hydrogens is 344 g/mol. The number of hydrogen-bond acceptors (Lipinski definition) is 6. The number of nitrogens with two attached hydrogens (primary N) is 1. The first kappa shape index (κ1) is 17.4. The second-order valence-electron chi connectivity index (χ2n) is 6.87. The van der Waals surface area contributed by atoms with Crippen molar-refractivity contribution in [1.82, 2.24) is 19.7 Å². The van der Waals surface area contributed by atoms with Crippen LogP contribution in [0, 0.1) is 0 Å². The molecule has 4 N–H and O–H groups in total. The first-order valence-electron chi connectivity index (χ1n) is 8.85. The van der Waals surface area contributed by atoms with Crippen molar-refractivity contribution in [2.45, 2.75) is 6.54 Å². The lowest BCUT2D eigenvalue weighted by molar-refractivity contribution is 0.377. The molecule has 2 aromatic carbocycles. The van der Waals surface area contributed by atoms with Crippen LogP contribution in [0.25, 0.3) is 32.6 Å². The number of phenolic OH excluding ortho intramolecular Hbond substituents is 1. The number of aromatic amines is 1. The summed E-state index contributed by atoms with van der Waals surface area (Å²) >= 11 is 0. The fraction of sp³-hybridized carbons (Fsp3) is 0.316. The van der Waals surface area contributed by atoms with Gasteiger partial charge in [-0.3, -0.25) is 24.6 Å². The van der Waals surface area contributed by atoms with E-state index >= 15 is 0 Å². The zero-order valence-electron chi connectivity index (χ0n) is 15.4. The van der Waals surface area contributed by atoms with E-state index in [1.54, 1.807) is 0 Å². The number of rotatable bonds is 5. The molecule has 140 valence electrons. The molecule has 0 aliphatic carbocycles. The molecule has 0 spiro atoms. The van der Waals surface area contributed by atoms with Crippen molar-refractivity contribution in [2.75, 3.05) is 33.7 Å². The number of H-pyrrole nitrogens is 1. The standard InChI is InChI=1S/C19H22N6O2/c1-24(2)7-8-25-13-4-3-12(22-6-5-20)16-17(13)18(23-25)15-11(19(16)27)9-21-10-14(15)26/h3-4,9-10,23,27H,5-8,20H2,1-2H3. The lowest BCUT2D eigenvalue weighted by Crippen LogP contribution is -2.19. The average Bonchev–Trinajstić information content (AvgIpc) is 3.01. The lowest BCUT2D eigenvalue weighted by atomic mass is 10.0. The highest BCUT2D eigenvalue weighted by Crippen LogP contribution is 2.37. The van der Waals surface area contributed by atoms with Crippen molar-refractivity contribution < 1.29 is 5.11 Å². The number of phenols is 1. The second kappa shape index (κ2) is 6.64. The van der Waals surface area contributed by atoms with Gasteiger partial charge in [-0.15, -0.1) is 0 Å². The summed E-state index contributed by atoms with van der Waals surface area (Å²) in [7, 11) is 4.02. The quantitative estimate of drug-likeness (QED) is 0.448. The van der Waals surface area contributed by atoms with Crippen LogP contribution >= 0.6 is 0 Å². The number of likely N-dealkylation sites (N-methyl/N-ethyl adjacent to an activating group) is 1. The van der Waals surface area contributed by atoms with Crippen molar-refractivity contribution in [3.05, 3.63) is 40.1 Å². The molecule has 27 heavy (non-hydrogen) atoms. The summed E-state index contributed by atoms with van der Waals surface area (Å²) in [5, 5.41) is 17.3. The van der Waals surface area contributed by atoms with Gasteiger partial charge in [-0.2, -0.15) is 0 Å². The third-order valence-electron chi connectivity index (χ3n) is 4.78. The molecule has 2 aromatic heterocycles. The number of benzene rings is 2. The van der Waals surface area contributed by atoms with Gasteiger partial charge < -0.3 is 15.7 Å². The molecule has 0 saturated carbocycles. The lowest BCUT2D eigenvalue weighted by Gasteiger charge is -2.10. The molecule has 0 amide bonds. The molecule has 4 rings (SSSR count). The Bertz CT molecular complexity index is 1250. The molecule has 8 heteroatoms. The average molecular weight is 366 g/mol. The van der Waals surface area contributed by atoms with Crippen LogP contribution in [0.3, 0.4) is 0 Å². The van der Waals surface area contributed by atoms with E-state index in [9.17, 15) is 9.90 Å². The van der Waals surface area contributed by atoms with Crippen LogP contribution in [-0.4, -0.2) is 58.5 Å². The first-order valence-corrected chi connectivity index (χ1v) is 8.85. The van der Waals surface area contributed by atoms with Crippen molar-refractivity contribution in [1.29, 1.82) is 0 Å². The Kier molecular flexibility index (Phi) is 4.29. The van der Waals surface area contributed by atoms with Crippen LogP contribution in [-0.2, 0) is 6.54 Å². The Morgan fingerprint density at radius 2 is 2.07 bits per heavy atom. The maximum atomic E-state index is 12.5. The number of aromatic nitrogens is 3. The van der Waals surface area contributed by atoms with E-state index in [2.05, 4.69) is 20.0 Å². The van der Waals surface area contributed by atoms with E-state index in [1.165, 1.54) is 12.4 Å². The van der Waals surface area contributed by atoms with Gasteiger partial charge in [0.25, 0.3) is 0 Å². The van der Waals surface area contributed by atoms with Gasteiger partial charge in [-0.05, 0) is 26.2 Å². The summed E-state index contributed by atoms with van der Waals surface area (Å²) in [5.41, 5.74) is 6.99. The van der Waals surface area contributed by atoms with Crippen molar-refractivity contribution in [2.24, 2.45) is 10.7 Å². The minimum Gasteiger partial charge on any atom is -0.507 e. The van der Waals surface area contributed by atoms with Crippen LogP contribution in [0.1, 0.15) is 0 Å². The van der Waals surface area contributed by atoms with E-state index in [0.717, 1.165) is 24.0 Å². The van der Waals surface area contributed by atoms with E-state index in [0.29, 0.717) is 40.1 Å². The first-order chi connectivity index (χ1) is 13.0. The van der Waals surface area contributed by atoms with E-state index in [4.69, 9.17) is 5.73 Å². The van der Waals surface area contributed by atoms with Gasteiger partial charge in [-0.1, -0.05) is 0 Å². The van der Waals surface area contributed by atoms with Crippen LogP contribution in [0.5, 0.6) is 5.75 Å². The number of nitrogens with zero attached hydrogens (tertiary/aromatic N) is 4. The number of nitrogens with one attached hydrogen (secondary N) is 1. The number of aromatic hydroxyl groups is 1. The van der Waals surface area contributed by atoms with E-state index < -0.39 is 0 Å². The Labute approximate surface area is 154 Å². The minimum atomic E-state index is -0.225. The maximum Gasteiger partial charge on any atom is 0.206 e. The van der Waals surface area contributed by atoms with Crippen molar-refractivity contribution in [3.8, 4) is 5.75 Å². The highest BCUT2D eigenvalue weighted by molar-refractivity contribution is 6.22. The summed E-state index contributed by atoms with van der Waals surface area (Å²) in [6.45, 7) is 2.43. The summed E-state index contributed by atoms with van der Waals surface area (Å²) in [4.78, 5) is 23.1. The molecule has 0 aliphatic rings. The van der Waals surface area contributed by atoms with Crippen LogP contribution in [0.2, 0.25) is 0 Å². The Morgan fingerprint density at radius 1 is 1.26 bits per heavy atom. The SMILES string of the molecule is CN(C)CCn1[nH]c2c3c(=O)cncc3c(O)c3c(=NCCN)ccc1c32. The van der Waals surface area contributed by atoms with Crippen molar-refractivity contribution in [3.63, 3.8) is 0 Å². The fourth-order valence-electron chi connectivity index (χ4n) is 3.54. The predicted octanol–water partition coefficient (Wildman–Crippen LogP) is 0.595. The summed E-state index contributed by atoms with van der Waals surface area (Å²) < 4.78 is 2.00. The molecule has 8 nitrogen and oxygen atoms in total. The molecule has 0 saturated heterocycles. The van der Waals surface area contributed by atoms with Crippen LogP contribution in [0.4, 0.5) is 0 Å². The van der Waals surface area contributed by atoms with Gasteiger partial charge in [0.2, 0.25) is 5.43 Å². The van der Waals surface area contributed by atoms with Gasteiger partial charge in [0, 0.05) is 30.1 Å². The number of fused-ring (bicyclic) bond motifs is 2. The summed E-state index contributed by atoms with van der Waals surface area (Å²) in [6.07, 6.45) is 2.79. The molecule has 0 atom stereocenters. The topological polar surface area (TPSA) is 113 Å². The van der Waals surface area contributed by atoms with E-state index in [1.807, 2.05) is 30.9 Å². The van der Waals surface area contributed by atoms with Gasteiger partial charge in [0.05, 0.1) is 46.4 Å². The molecule has 0 aliphatic heterocycles. The van der Waals surface area contributed by atoms with Crippen LogP contribution in [0.15, 0.2) is 34.3 Å². The Balaban J connectivity index is 2.18. The highest BCUT2D eigenvalue weighted by atomic mass is 16.3. The molecule has 0 unspecified atom stereocenters. The minimum absolute atomic E-state index is 0.0304. The normalized spacial score (nSPS) is 13.0. The molecule has 2 heterocycles. The zero-order valence-corrected chi connectivity index (χ0v) is 15.4. The smallest absolute Gasteiger partial charge is 0.206 e. The number of pyridine rings is 1. The third-order valence-corrected chi connectivity index (χ3v) is 4.78. The Morgan fingerprint density at radius 3 is 2.81 bits per heavy atom. The molecule has 0 bridgehead atoms. The molecular formula is C19H22N6O2. The molecule has 4 aromatic rings. The van der Waals surface area contributed by atoms with Crippen molar-refractivity contribution >= 4 is 32.6 Å². The van der Waals surface area contributed by atoms with Gasteiger partial charge in [-0.25, -0.2) is 0 Å². The summed E-state index contributed by atoms with van der Waals surface area (Å²) in [5.74, 6) is 0.0304. The third kappa shape index (κ3) is 2.73. The Hall–Kier alpha value is -2.97. The monoisotopic (exact) mass is 366 g/mol. The molecule has 0 radical (unpaired) electrons. The van der Waals surface area contributed by atoms with Gasteiger partial charge in [0.15, 0.2) is 0 Å².